The number of aliphatic hydroxyl groups is 11. The van der Waals surface area contributed by atoms with Crippen LogP contribution in [0.1, 0.15) is 110 Å². The molecule has 0 aromatic heterocycles. The predicted molar refractivity (Wildman–Crippen MR) is 222 cm³/mol. The van der Waals surface area contributed by atoms with Crippen LogP contribution in [0.25, 0.3) is 0 Å². The number of hydrogen-bond acceptors (Lipinski definition) is 18. The van der Waals surface area contributed by atoms with Gasteiger partial charge in [0.2, 0.25) is 5.91 Å². The summed E-state index contributed by atoms with van der Waals surface area (Å²) in [4.78, 5) is 12.7. The Hall–Kier alpha value is -1.73. The van der Waals surface area contributed by atoms with Crippen LogP contribution >= 0.6 is 0 Å². The summed E-state index contributed by atoms with van der Waals surface area (Å²) in [6, 6.07) is -0.979. The summed E-state index contributed by atoms with van der Waals surface area (Å²) < 4.78 is 33.8. The normalized spacial score (nSPS) is 35.4. The van der Waals surface area contributed by atoms with Crippen LogP contribution in [0, 0.1) is 0 Å². The Morgan fingerprint density at radius 3 is 1.60 bits per heavy atom. The SMILES string of the molecule is CCCCCCCCCCC/C=C/CC/C=C/C(O)C(COC1OC(CO)C(OC2OC(CO)C(OC3OC(CO)C(O)C(O)C3O)C(O)C2O)C(O)C1O)NC(=O)CCCC. The average molecular weight is 896 g/mol. The largest absolute Gasteiger partial charge is 0.394 e. The molecule has 0 aliphatic carbocycles. The van der Waals surface area contributed by atoms with E-state index in [1.807, 2.05) is 13.0 Å². The van der Waals surface area contributed by atoms with Crippen LogP contribution < -0.4 is 5.32 Å². The van der Waals surface area contributed by atoms with Crippen molar-refractivity contribution in [1.29, 1.82) is 0 Å². The predicted octanol–water partition coefficient (Wildman–Crippen LogP) is -0.699. The number of carbonyl (C=O) groups is 1. The fraction of sp³-hybridized carbons (Fsp3) is 0.884. The molecule has 3 saturated heterocycles. The second-order valence-electron chi connectivity index (χ2n) is 16.5. The third-order valence-electron chi connectivity index (χ3n) is 11.5. The summed E-state index contributed by atoms with van der Waals surface area (Å²) in [5.41, 5.74) is 0. The van der Waals surface area contributed by atoms with E-state index >= 15 is 0 Å². The first-order chi connectivity index (χ1) is 29.8. The lowest BCUT2D eigenvalue weighted by atomic mass is 9.96. The summed E-state index contributed by atoms with van der Waals surface area (Å²) in [5, 5.41) is 118. The van der Waals surface area contributed by atoms with Crippen molar-refractivity contribution in [1.82, 2.24) is 5.32 Å². The second-order valence-corrected chi connectivity index (χ2v) is 16.5. The van der Waals surface area contributed by atoms with Crippen LogP contribution in [0.3, 0.4) is 0 Å². The number of unbranched alkanes of at least 4 members (excludes halogenated alkanes) is 11. The summed E-state index contributed by atoms with van der Waals surface area (Å²) in [6.07, 6.45) is -3.61. The first-order valence-electron chi connectivity index (χ1n) is 22.6. The minimum Gasteiger partial charge on any atom is -0.394 e. The van der Waals surface area contributed by atoms with E-state index < -0.39 is 124 Å². The Morgan fingerprint density at radius 1 is 0.565 bits per heavy atom. The minimum absolute atomic E-state index is 0.210. The number of ether oxygens (including phenoxy) is 6. The highest BCUT2D eigenvalue weighted by molar-refractivity contribution is 5.76. The second kappa shape index (κ2) is 29.7. The van der Waals surface area contributed by atoms with Crippen molar-refractivity contribution in [2.45, 2.75) is 214 Å². The Morgan fingerprint density at radius 2 is 1.03 bits per heavy atom. The number of amides is 1. The fourth-order valence-corrected chi connectivity index (χ4v) is 7.59. The van der Waals surface area contributed by atoms with E-state index in [4.69, 9.17) is 28.4 Å². The van der Waals surface area contributed by atoms with Gasteiger partial charge in [-0.2, -0.15) is 0 Å². The molecule has 0 aromatic rings. The van der Waals surface area contributed by atoms with Gasteiger partial charge in [0.05, 0.1) is 38.6 Å². The average Bonchev–Trinajstić information content (AvgIpc) is 3.27. The Kier molecular flexibility index (Phi) is 26.2. The number of allylic oxidation sites excluding steroid dienone is 3. The molecule has 19 heteroatoms. The molecule has 3 heterocycles. The van der Waals surface area contributed by atoms with Crippen molar-refractivity contribution in [2.24, 2.45) is 0 Å². The monoisotopic (exact) mass is 896 g/mol. The molecule has 0 bridgehead atoms. The number of rotatable bonds is 29. The summed E-state index contributed by atoms with van der Waals surface area (Å²) in [6.45, 7) is 1.37. The molecule has 0 spiro atoms. The third kappa shape index (κ3) is 16.9. The van der Waals surface area contributed by atoms with E-state index in [2.05, 4.69) is 24.4 Å². The van der Waals surface area contributed by atoms with Crippen LogP contribution in [0.2, 0.25) is 0 Å². The van der Waals surface area contributed by atoms with Crippen molar-refractivity contribution in [3.8, 4) is 0 Å². The molecule has 0 aromatic carbocycles. The maximum atomic E-state index is 12.7. The van der Waals surface area contributed by atoms with Gasteiger partial charge in [0.15, 0.2) is 18.9 Å². The lowest BCUT2D eigenvalue weighted by Crippen LogP contribution is -2.66. The topological polar surface area (TPSA) is 307 Å². The summed E-state index contributed by atoms with van der Waals surface area (Å²) in [5.74, 6) is -0.325. The van der Waals surface area contributed by atoms with Gasteiger partial charge in [-0.15, -0.1) is 0 Å². The number of hydrogen-bond donors (Lipinski definition) is 12. The number of carbonyl (C=O) groups excluding carboxylic acids is 1. The number of aliphatic hydroxyl groups excluding tert-OH is 11. The molecule has 17 unspecified atom stereocenters. The van der Waals surface area contributed by atoms with Crippen molar-refractivity contribution < 1.29 is 89.4 Å². The van der Waals surface area contributed by atoms with Crippen molar-refractivity contribution in [2.75, 3.05) is 26.4 Å². The fourth-order valence-electron chi connectivity index (χ4n) is 7.59. The molecule has 17 atom stereocenters. The molecule has 19 nitrogen and oxygen atoms in total. The quantitative estimate of drug-likeness (QED) is 0.0326. The molecule has 3 aliphatic rings. The number of nitrogens with one attached hydrogen (secondary N) is 1. The Balaban J connectivity index is 1.54. The molecule has 12 N–H and O–H groups in total. The van der Waals surface area contributed by atoms with Crippen LogP contribution in [-0.2, 0) is 33.2 Å². The standard InChI is InChI=1S/C43H77NO18/c1-3-5-7-8-9-10-11-12-13-14-15-16-17-18-19-20-27(48)26(44-31(49)21-6-4-2)25-57-41-37(55)34(52)39(29(23-46)59-41)62-43-38(56)35(53)40(30(24-47)60-43)61-42-36(54)33(51)32(50)28(22-45)58-42/h15-16,19-20,26-30,32-43,45-48,50-56H,3-14,17-18,21-25H2,1-2H3,(H,44,49)/b16-15+,20-19+. The van der Waals surface area contributed by atoms with Crippen LogP contribution in [-0.4, -0.2) is 193 Å². The molecular formula is C43H77NO18. The van der Waals surface area contributed by atoms with Crippen molar-refractivity contribution >= 4 is 5.91 Å². The van der Waals surface area contributed by atoms with Gasteiger partial charge >= 0.3 is 0 Å². The molecule has 0 radical (unpaired) electrons. The Bertz CT molecular complexity index is 1260. The molecule has 362 valence electrons. The smallest absolute Gasteiger partial charge is 0.220 e. The molecule has 3 aliphatic heterocycles. The van der Waals surface area contributed by atoms with E-state index in [0.717, 1.165) is 25.7 Å². The van der Waals surface area contributed by atoms with E-state index in [1.54, 1.807) is 6.08 Å². The van der Waals surface area contributed by atoms with Crippen molar-refractivity contribution in [3.63, 3.8) is 0 Å². The zero-order valence-corrected chi connectivity index (χ0v) is 36.3. The van der Waals surface area contributed by atoms with Gasteiger partial charge < -0.3 is 89.9 Å². The van der Waals surface area contributed by atoms with Crippen LogP contribution in [0.5, 0.6) is 0 Å². The Labute approximate surface area is 365 Å². The van der Waals surface area contributed by atoms with Gasteiger partial charge in [-0.25, -0.2) is 0 Å². The zero-order valence-electron chi connectivity index (χ0n) is 36.3. The van der Waals surface area contributed by atoms with Gasteiger partial charge in [0.25, 0.3) is 0 Å². The summed E-state index contributed by atoms with van der Waals surface area (Å²) >= 11 is 0. The molecule has 3 fully saturated rings. The molecular weight excluding hydrogens is 818 g/mol. The molecule has 1 amide bonds. The first-order valence-corrected chi connectivity index (χ1v) is 22.6. The van der Waals surface area contributed by atoms with Gasteiger partial charge in [-0.05, 0) is 32.1 Å². The first kappa shape index (κ1) is 54.6. The van der Waals surface area contributed by atoms with Gasteiger partial charge in [-0.1, -0.05) is 95.9 Å². The highest BCUT2D eigenvalue weighted by atomic mass is 16.8. The third-order valence-corrected chi connectivity index (χ3v) is 11.5. The zero-order chi connectivity index (χ0) is 45.6. The minimum atomic E-state index is -1.97. The van der Waals surface area contributed by atoms with Crippen molar-refractivity contribution in [3.05, 3.63) is 24.3 Å². The maximum Gasteiger partial charge on any atom is 0.220 e. The van der Waals surface area contributed by atoms with E-state index in [9.17, 15) is 61.0 Å². The van der Waals surface area contributed by atoms with Crippen LogP contribution in [0.15, 0.2) is 24.3 Å². The van der Waals surface area contributed by atoms with E-state index in [0.29, 0.717) is 12.8 Å². The maximum absolute atomic E-state index is 12.7. The molecule has 0 saturated carbocycles. The molecule has 3 rings (SSSR count). The lowest BCUT2D eigenvalue weighted by molar-refractivity contribution is -0.379. The van der Waals surface area contributed by atoms with Gasteiger partial charge in [0, 0.05) is 6.42 Å². The van der Waals surface area contributed by atoms with Gasteiger partial charge in [-0.3, -0.25) is 4.79 Å². The van der Waals surface area contributed by atoms with Crippen LogP contribution in [0.4, 0.5) is 0 Å². The lowest BCUT2D eigenvalue weighted by Gasteiger charge is -2.48. The van der Waals surface area contributed by atoms with E-state index in [-0.39, 0.29) is 18.9 Å². The highest BCUT2D eigenvalue weighted by Crippen LogP contribution is 2.33. The molecule has 62 heavy (non-hydrogen) atoms. The van der Waals surface area contributed by atoms with E-state index in [1.165, 1.54) is 51.4 Å². The van der Waals surface area contributed by atoms with Gasteiger partial charge in [0.1, 0.15) is 73.2 Å². The highest BCUT2D eigenvalue weighted by Gasteiger charge is 2.53. The summed E-state index contributed by atoms with van der Waals surface area (Å²) in [7, 11) is 0.